The molecule has 0 spiro atoms. The van der Waals surface area contributed by atoms with Crippen LogP contribution in [0.4, 0.5) is 5.69 Å². The van der Waals surface area contributed by atoms with Crippen LogP contribution in [-0.2, 0) is 14.3 Å². The van der Waals surface area contributed by atoms with Crippen molar-refractivity contribution in [1.82, 2.24) is 9.88 Å². The molecule has 2 amide bonds. The van der Waals surface area contributed by atoms with Gasteiger partial charge in [0.25, 0.3) is 0 Å². The molecule has 2 aliphatic rings. The summed E-state index contributed by atoms with van der Waals surface area (Å²) in [5, 5.41) is 2.90. The molecule has 0 atom stereocenters. The molecule has 26 heavy (non-hydrogen) atoms. The number of likely N-dealkylation sites (tertiary alicyclic amines) is 1. The van der Waals surface area contributed by atoms with Gasteiger partial charge in [0.2, 0.25) is 17.7 Å². The Morgan fingerprint density at radius 3 is 2.58 bits per heavy atom. The van der Waals surface area contributed by atoms with Gasteiger partial charge in [0.05, 0.1) is 24.9 Å². The van der Waals surface area contributed by atoms with Crippen LogP contribution in [0.2, 0.25) is 0 Å². The fourth-order valence-electron chi connectivity index (χ4n) is 3.18. The second-order valence-electron chi connectivity index (χ2n) is 6.94. The monoisotopic (exact) mass is 361 g/mol. The van der Waals surface area contributed by atoms with Crippen LogP contribution in [0.15, 0.2) is 18.3 Å². The molecule has 7 nitrogen and oxygen atoms in total. The van der Waals surface area contributed by atoms with E-state index in [1.165, 1.54) is 0 Å². The van der Waals surface area contributed by atoms with Crippen molar-refractivity contribution in [2.75, 3.05) is 32.1 Å². The first-order valence-electron chi connectivity index (χ1n) is 9.36. The zero-order valence-corrected chi connectivity index (χ0v) is 15.3. The summed E-state index contributed by atoms with van der Waals surface area (Å²) < 4.78 is 10.9. The number of piperidine rings is 1. The third-order valence-electron chi connectivity index (χ3n) is 5.08. The minimum atomic E-state index is 0.0596. The Balaban J connectivity index is 1.42. The van der Waals surface area contributed by atoms with Crippen molar-refractivity contribution < 1.29 is 19.1 Å². The van der Waals surface area contributed by atoms with Crippen LogP contribution in [0.25, 0.3) is 0 Å². The van der Waals surface area contributed by atoms with Gasteiger partial charge >= 0.3 is 0 Å². The molecule has 1 aliphatic carbocycles. The number of hydrogen-bond donors (Lipinski definition) is 1. The lowest BCUT2D eigenvalue weighted by atomic mass is 9.85. The van der Waals surface area contributed by atoms with Crippen LogP contribution in [0.3, 0.4) is 0 Å². The summed E-state index contributed by atoms with van der Waals surface area (Å²) >= 11 is 0. The van der Waals surface area contributed by atoms with Gasteiger partial charge in [-0.2, -0.15) is 0 Å². The average Bonchev–Trinajstić information content (AvgIpc) is 2.60. The van der Waals surface area contributed by atoms with Crippen molar-refractivity contribution in [3.63, 3.8) is 0 Å². The van der Waals surface area contributed by atoms with Crippen LogP contribution >= 0.6 is 0 Å². The van der Waals surface area contributed by atoms with Crippen molar-refractivity contribution in [1.29, 1.82) is 0 Å². The third-order valence-corrected chi connectivity index (χ3v) is 5.08. The van der Waals surface area contributed by atoms with Crippen molar-refractivity contribution >= 4 is 17.5 Å². The quantitative estimate of drug-likeness (QED) is 0.805. The van der Waals surface area contributed by atoms with E-state index in [0.29, 0.717) is 37.7 Å². The number of anilines is 1. The van der Waals surface area contributed by atoms with Crippen LogP contribution in [-0.4, -0.2) is 54.6 Å². The third kappa shape index (κ3) is 4.94. The largest absolute Gasteiger partial charge is 0.474 e. The molecular formula is C19H27N3O4. The number of nitrogens with one attached hydrogen (secondary N) is 1. The van der Waals surface area contributed by atoms with E-state index in [0.717, 1.165) is 32.1 Å². The van der Waals surface area contributed by atoms with Gasteiger partial charge in [-0.25, -0.2) is 4.98 Å². The summed E-state index contributed by atoms with van der Waals surface area (Å²) in [4.78, 5) is 30.1. The molecule has 1 aromatic rings. The standard InChI is InChI=1S/C19H27N3O4/c1-25-12-9-18(23)22-10-7-16(8-11-22)26-17-6-5-15(13-20-17)21-19(24)14-3-2-4-14/h5-6,13-14,16H,2-4,7-12H2,1H3,(H,21,24). The van der Waals surface area contributed by atoms with E-state index in [1.54, 1.807) is 19.4 Å². The number of aromatic nitrogens is 1. The minimum absolute atomic E-state index is 0.0596. The Labute approximate surface area is 154 Å². The second-order valence-corrected chi connectivity index (χ2v) is 6.94. The molecule has 0 aromatic carbocycles. The fraction of sp³-hybridized carbons (Fsp3) is 0.632. The Morgan fingerprint density at radius 2 is 2.00 bits per heavy atom. The van der Waals surface area contributed by atoms with E-state index in [9.17, 15) is 9.59 Å². The topological polar surface area (TPSA) is 80.8 Å². The molecule has 1 aromatic heterocycles. The molecule has 7 heteroatoms. The maximum atomic E-state index is 12.0. The van der Waals surface area contributed by atoms with Crippen molar-refractivity contribution in [2.24, 2.45) is 5.92 Å². The summed E-state index contributed by atoms with van der Waals surface area (Å²) in [6, 6.07) is 3.61. The van der Waals surface area contributed by atoms with E-state index in [2.05, 4.69) is 10.3 Å². The number of hydrogen-bond acceptors (Lipinski definition) is 5. The lowest BCUT2D eigenvalue weighted by Crippen LogP contribution is -2.42. The van der Waals surface area contributed by atoms with Gasteiger partial charge < -0.3 is 19.7 Å². The predicted octanol–water partition coefficient (Wildman–Crippen LogP) is 2.23. The maximum Gasteiger partial charge on any atom is 0.227 e. The molecule has 3 rings (SSSR count). The summed E-state index contributed by atoms with van der Waals surface area (Å²) in [5.74, 6) is 0.922. The van der Waals surface area contributed by atoms with Gasteiger partial charge in [-0.15, -0.1) is 0 Å². The molecule has 0 radical (unpaired) electrons. The highest BCUT2D eigenvalue weighted by Crippen LogP contribution is 2.27. The number of methoxy groups -OCH3 is 1. The van der Waals surface area contributed by atoms with Gasteiger partial charge in [0, 0.05) is 45.0 Å². The predicted molar refractivity (Wildman–Crippen MR) is 96.9 cm³/mol. The highest BCUT2D eigenvalue weighted by molar-refractivity contribution is 5.92. The SMILES string of the molecule is COCCC(=O)N1CCC(Oc2ccc(NC(=O)C3CCC3)cn2)CC1. The summed E-state index contributed by atoms with van der Waals surface area (Å²) in [6.07, 6.45) is 6.80. The first kappa shape index (κ1) is 18.6. The number of pyridine rings is 1. The van der Waals surface area contributed by atoms with Crippen LogP contribution in [0, 0.1) is 5.92 Å². The van der Waals surface area contributed by atoms with E-state index in [-0.39, 0.29) is 23.8 Å². The Kier molecular flexibility index (Phi) is 6.44. The van der Waals surface area contributed by atoms with Crippen LogP contribution in [0.5, 0.6) is 5.88 Å². The molecule has 1 aliphatic heterocycles. The maximum absolute atomic E-state index is 12.0. The van der Waals surface area contributed by atoms with Crippen molar-refractivity contribution in [3.05, 3.63) is 18.3 Å². The number of carbonyl (C=O) groups is 2. The number of carbonyl (C=O) groups excluding carboxylic acids is 2. The van der Waals surface area contributed by atoms with E-state index in [4.69, 9.17) is 9.47 Å². The van der Waals surface area contributed by atoms with E-state index < -0.39 is 0 Å². The minimum Gasteiger partial charge on any atom is -0.474 e. The molecule has 2 heterocycles. The second kappa shape index (κ2) is 8.98. The Hall–Kier alpha value is -2.15. The highest BCUT2D eigenvalue weighted by Gasteiger charge is 2.26. The number of rotatable bonds is 7. The average molecular weight is 361 g/mol. The number of amides is 2. The van der Waals surface area contributed by atoms with E-state index >= 15 is 0 Å². The van der Waals surface area contributed by atoms with Gasteiger partial charge in [-0.3, -0.25) is 9.59 Å². The molecule has 1 saturated heterocycles. The first-order valence-corrected chi connectivity index (χ1v) is 9.36. The summed E-state index contributed by atoms with van der Waals surface area (Å²) in [5.41, 5.74) is 0.702. The molecule has 0 bridgehead atoms. The molecule has 2 fully saturated rings. The number of nitrogens with zero attached hydrogens (tertiary/aromatic N) is 2. The van der Waals surface area contributed by atoms with Gasteiger partial charge in [0.15, 0.2) is 0 Å². The normalized spacial score (nSPS) is 18.3. The zero-order valence-electron chi connectivity index (χ0n) is 15.3. The highest BCUT2D eigenvalue weighted by atomic mass is 16.5. The summed E-state index contributed by atoms with van der Waals surface area (Å²) in [7, 11) is 1.60. The zero-order chi connectivity index (χ0) is 18.4. The molecule has 0 unspecified atom stereocenters. The van der Waals surface area contributed by atoms with Crippen LogP contribution < -0.4 is 10.1 Å². The first-order chi connectivity index (χ1) is 12.7. The smallest absolute Gasteiger partial charge is 0.227 e. The van der Waals surface area contributed by atoms with Crippen LogP contribution in [0.1, 0.15) is 38.5 Å². The van der Waals surface area contributed by atoms with Gasteiger partial charge in [-0.05, 0) is 18.9 Å². The van der Waals surface area contributed by atoms with Gasteiger partial charge in [0.1, 0.15) is 6.10 Å². The van der Waals surface area contributed by atoms with E-state index in [1.807, 2.05) is 11.0 Å². The fourth-order valence-corrected chi connectivity index (χ4v) is 3.18. The van der Waals surface area contributed by atoms with Crippen molar-refractivity contribution in [2.45, 2.75) is 44.6 Å². The lowest BCUT2D eigenvalue weighted by Gasteiger charge is -2.32. The van der Waals surface area contributed by atoms with Gasteiger partial charge in [-0.1, -0.05) is 6.42 Å². The molecule has 1 N–H and O–H groups in total. The molecule has 1 saturated carbocycles. The molecule has 142 valence electrons. The Bertz CT molecular complexity index is 608. The summed E-state index contributed by atoms with van der Waals surface area (Å²) in [6.45, 7) is 1.86. The number of ether oxygens (including phenoxy) is 2. The van der Waals surface area contributed by atoms with Crippen molar-refractivity contribution in [3.8, 4) is 5.88 Å². The lowest BCUT2D eigenvalue weighted by molar-refractivity contribution is -0.134. The molecular weight excluding hydrogens is 334 g/mol. The Morgan fingerprint density at radius 1 is 1.23 bits per heavy atom.